The second kappa shape index (κ2) is 3.56. The third-order valence-corrected chi connectivity index (χ3v) is 2.66. The van der Waals surface area contributed by atoms with E-state index in [-0.39, 0.29) is 0 Å². The van der Waals surface area contributed by atoms with Crippen molar-refractivity contribution < 1.29 is 14.3 Å². The van der Waals surface area contributed by atoms with Gasteiger partial charge in [0.05, 0.1) is 11.1 Å². The highest BCUT2D eigenvalue weighted by Crippen LogP contribution is 2.26. The van der Waals surface area contributed by atoms with Gasteiger partial charge in [-0.15, -0.1) is 0 Å². The number of hydrogen-bond acceptors (Lipinski definition) is 3. The van der Waals surface area contributed by atoms with Crippen LogP contribution in [0, 0.1) is 6.07 Å². The largest absolute Gasteiger partial charge is 0.386 e. The lowest BCUT2D eigenvalue weighted by Crippen LogP contribution is -1.96. The lowest BCUT2D eigenvalue weighted by atomic mass is 10.0. The number of esters is 2. The van der Waals surface area contributed by atoms with Crippen LogP contribution in [0.1, 0.15) is 20.7 Å². The first kappa shape index (κ1) is 9.78. The fourth-order valence-electron chi connectivity index (χ4n) is 1.83. The summed E-state index contributed by atoms with van der Waals surface area (Å²) >= 11 is 0. The second-order valence-electron chi connectivity index (χ2n) is 3.71. The van der Waals surface area contributed by atoms with E-state index in [2.05, 4.69) is 10.8 Å². The lowest BCUT2D eigenvalue weighted by Gasteiger charge is -2.01. The Labute approximate surface area is 97.6 Å². The van der Waals surface area contributed by atoms with Crippen LogP contribution >= 0.6 is 0 Å². The molecular weight excluding hydrogens is 216 g/mol. The van der Waals surface area contributed by atoms with E-state index in [1.807, 2.05) is 18.2 Å². The van der Waals surface area contributed by atoms with Gasteiger partial charge in [0.1, 0.15) is 0 Å². The molecule has 0 saturated heterocycles. The normalized spacial score (nSPS) is 13.4. The van der Waals surface area contributed by atoms with Gasteiger partial charge in [0.15, 0.2) is 0 Å². The Morgan fingerprint density at radius 1 is 0.941 bits per heavy atom. The molecule has 0 aliphatic carbocycles. The number of benzene rings is 2. The first-order chi connectivity index (χ1) is 8.25. The lowest BCUT2D eigenvalue weighted by molar-refractivity contribution is 0.0444. The van der Waals surface area contributed by atoms with Crippen molar-refractivity contribution in [2.45, 2.75) is 0 Å². The van der Waals surface area contributed by atoms with Crippen LogP contribution in [-0.4, -0.2) is 11.9 Å². The summed E-state index contributed by atoms with van der Waals surface area (Å²) in [5.74, 6) is -1.16. The van der Waals surface area contributed by atoms with Crippen LogP contribution in [0.15, 0.2) is 42.5 Å². The van der Waals surface area contributed by atoms with Crippen molar-refractivity contribution in [2.75, 3.05) is 0 Å². The minimum atomic E-state index is -0.581. The van der Waals surface area contributed by atoms with E-state index >= 15 is 0 Å². The summed E-state index contributed by atoms with van der Waals surface area (Å²) < 4.78 is 4.53. The van der Waals surface area contributed by atoms with Gasteiger partial charge in [0, 0.05) is 0 Å². The fraction of sp³-hybridized carbons (Fsp3) is 0. The molecule has 0 N–H and O–H groups in total. The molecule has 2 aromatic rings. The van der Waals surface area contributed by atoms with E-state index in [9.17, 15) is 9.59 Å². The standard InChI is InChI=1S/C14H7O3/c15-13-11-7-6-10(8-12(11)14(16)17-13)9-4-2-1-3-5-9/h1-4,6-8H. The van der Waals surface area contributed by atoms with Gasteiger partial charge in [-0.1, -0.05) is 30.3 Å². The van der Waals surface area contributed by atoms with Gasteiger partial charge in [-0.2, -0.15) is 0 Å². The Balaban J connectivity index is 2.15. The van der Waals surface area contributed by atoms with Crippen LogP contribution in [0.5, 0.6) is 0 Å². The highest BCUT2D eigenvalue weighted by Gasteiger charge is 2.29. The van der Waals surface area contributed by atoms with Crippen molar-refractivity contribution in [3.05, 3.63) is 59.7 Å². The molecule has 3 nitrogen and oxygen atoms in total. The van der Waals surface area contributed by atoms with Gasteiger partial charge >= 0.3 is 11.9 Å². The first-order valence-electron chi connectivity index (χ1n) is 5.13. The predicted molar refractivity (Wildman–Crippen MR) is 60.5 cm³/mol. The summed E-state index contributed by atoms with van der Waals surface area (Å²) in [7, 11) is 0. The van der Waals surface area contributed by atoms with E-state index in [0.29, 0.717) is 11.1 Å². The van der Waals surface area contributed by atoms with E-state index in [0.717, 1.165) is 11.1 Å². The molecule has 1 heterocycles. The van der Waals surface area contributed by atoms with Crippen LogP contribution in [0.3, 0.4) is 0 Å². The zero-order chi connectivity index (χ0) is 11.8. The molecule has 17 heavy (non-hydrogen) atoms. The number of ether oxygens (including phenoxy) is 1. The highest BCUT2D eigenvalue weighted by molar-refractivity contribution is 6.15. The van der Waals surface area contributed by atoms with Gasteiger partial charge in [-0.3, -0.25) is 0 Å². The van der Waals surface area contributed by atoms with Crippen LogP contribution in [0.25, 0.3) is 11.1 Å². The Bertz CT molecular complexity index is 615. The van der Waals surface area contributed by atoms with E-state index in [1.165, 1.54) is 0 Å². The van der Waals surface area contributed by atoms with Crippen molar-refractivity contribution in [1.29, 1.82) is 0 Å². The molecule has 0 amide bonds. The van der Waals surface area contributed by atoms with Crippen LogP contribution in [0.4, 0.5) is 0 Å². The molecule has 1 aliphatic heterocycles. The van der Waals surface area contributed by atoms with Crippen molar-refractivity contribution in [3.63, 3.8) is 0 Å². The maximum atomic E-state index is 11.4. The monoisotopic (exact) mass is 223 g/mol. The SMILES string of the molecule is O=C1OC(=O)c2cc(-c3[c]cccc3)ccc21. The van der Waals surface area contributed by atoms with Gasteiger partial charge in [-0.05, 0) is 29.3 Å². The number of carbonyl (C=O) groups is 2. The molecule has 81 valence electrons. The van der Waals surface area contributed by atoms with Crippen LogP contribution in [0.2, 0.25) is 0 Å². The first-order valence-corrected chi connectivity index (χ1v) is 5.13. The average molecular weight is 223 g/mol. The fourth-order valence-corrected chi connectivity index (χ4v) is 1.83. The zero-order valence-electron chi connectivity index (χ0n) is 8.77. The van der Waals surface area contributed by atoms with Crippen LogP contribution < -0.4 is 0 Å². The summed E-state index contributed by atoms with van der Waals surface area (Å²) in [6.07, 6.45) is 0. The Morgan fingerprint density at radius 3 is 2.53 bits per heavy atom. The highest BCUT2D eigenvalue weighted by atomic mass is 16.6. The molecule has 0 bridgehead atoms. The summed E-state index contributed by atoms with van der Waals surface area (Å²) in [5, 5.41) is 0. The van der Waals surface area contributed by atoms with Crippen molar-refractivity contribution >= 4 is 11.9 Å². The molecule has 0 fully saturated rings. The summed E-state index contributed by atoms with van der Waals surface area (Å²) in [6.45, 7) is 0. The summed E-state index contributed by atoms with van der Waals surface area (Å²) in [6, 6.07) is 15.6. The smallest absolute Gasteiger partial charge is 0.346 e. The van der Waals surface area contributed by atoms with E-state index in [4.69, 9.17) is 0 Å². The van der Waals surface area contributed by atoms with Crippen molar-refractivity contribution in [1.82, 2.24) is 0 Å². The Kier molecular flexibility index (Phi) is 2.05. The maximum Gasteiger partial charge on any atom is 0.346 e. The second-order valence-corrected chi connectivity index (χ2v) is 3.71. The number of carbonyl (C=O) groups excluding carboxylic acids is 2. The molecule has 1 radical (unpaired) electrons. The Hall–Kier alpha value is -2.42. The van der Waals surface area contributed by atoms with Gasteiger partial charge < -0.3 is 4.74 Å². The molecule has 0 aromatic heterocycles. The zero-order valence-corrected chi connectivity index (χ0v) is 8.77. The Morgan fingerprint density at radius 2 is 1.76 bits per heavy atom. The third-order valence-electron chi connectivity index (χ3n) is 2.66. The molecule has 0 unspecified atom stereocenters. The number of rotatable bonds is 1. The molecule has 2 aromatic carbocycles. The summed E-state index contributed by atoms with van der Waals surface area (Å²) in [5.41, 5.74) is 2.37. The molecule has 3 heteroatoms. The topological polar surface area (TPSA) is 43.4 Å². The number of cyclic esters (lactones) is 2. The minimum Gasteiger partial charge on any atom is -0.386 e. The average Bonchev–Trinajstić information content (AvgIpc) is 2.66. The van der Waals surface area contributed by atoms with Gasteiger partial charge in [0.25, 0.3) is 0 Å². The van der Waals surface area contributed by atoms with E-state index in [1.54, 1.807) is 24.3 Å². The quantitative estimate of drug-likeness (QED) is 0.551. The molecular formula is C14H7O3. The van der Waals surface area contributed by atoms with Crippen molar-refractivity contribution in [3.8, 4) is 11.1 Å². The third kappa shape index (κ3) is 1.52. The summed E-state index contributed by atoms with van der Waals surface area (Å²) in [4.78, 5) is 22.7. The minimum absolute atomic E-state index is 0.324. The van der Waals surface area contributed by atoms with Gasteiger partial charge in [0.2, 0.25) is 0 Å². The molecule has 1 aliphatic rings. The van der Waals surface area contributed by atoms with Crippen LogP contribution in [-0.2, 0) is 4.74 Å². The number of hydrogen-bond donors (Lipinski definition) is 0. The van der Waals surface area contributed by atoms with Gasteiger partial charge in [-0.25, -0.2) is 9.59 Å². The molecule has 0 atom stereocenters. The van der Waals surface area contributed by atoms with Crippen molar-refractivity contribution in [2.24, 2.45) is 0 Å². The number of fused-ring (bicyclic) bond motifs is 1. The van der Waals surface area contributed by atoms with E-state index < -0.39 is 11.9 Å². The molecule has 0 spiro atoms. The predicted octanol–water partition coefficient (Wildman–Crippen LogP) is 2.46. The molecule has 3 rings (SSSR count). The molecule has 0 saturated carbocycles. The maximum absolute atomic E-state index is 11.4.